The lowest BCUT2D eigenvalue weighted by atomic mass is 10.2. The van der Waals surface area contributed by atoms with E-state index in [9.17, 15) is 4.79 Å². The Morgan fingerprint density at radius 2 is 2.22 bits per heavy atom. The molecule has 1 aliphatic rings. The van der Waals surface area contributed by atoms with Gasteiger partial charge < -0.3 is 15.4 Å². The lowest BCUT2D eigenvalue weighted by Crippen LogP contribution is -2.40. The van der Waals surface area contributed by atoms with Crippen molar-refractivity contribution in [3.63, 3.8) is 0 Å². The van der Waals surface area contributed by atoms with Crippen LogP contribution in [0.5, 0.6) is 0 Å². The minimum atomic E-state index is -0.0428. The van der Waals surface area contributed by atoms with Gasteiger partial charge in [0.15, 0.2) is 0 Å². The number of ether oxygens (including phenoxy) is 1. The van der Waals surface area contributed by atoms with E-state index in [0.29, 0.717) is 41.7 Å². The first kappa shape index (κ1) is 11.4. The van der Waals surface area contributed by atoms with E-state index >= 15 is 0 Å². The molecule has 2 N–H and O–H groups in total. The number of aromatic nitrogens is 2. The number of thiophene rings is 1. The second kappa shape index (κ2) is 4.51. The monoisotopic (exact) mass is 264 g/mol. The van der Waals surface area contributed by atoms with E-state index in [1.54, 1.807) is 17.2 Å². The van der Waals surface area contributed by atoms with Crippen LogP contribution in [0.1, 0.15) is 9.67 Å². The Hall–Kier alpha value is -1.73. The Morgan fingerprint density at radius 3 is 2.94 bits per heavy atom. The largest absolute Gasteiger partial charge is 0.397 e. The standard InChI is InChI=1S/C11H12N4O2S/c12-8-7-1-2-13-14-10(7)18-9(8)11(16)15-3-5-17-6-4-15/h1-2H,3-6,12H2. The maximum absolute atomic E-state index is 12.3. The third-order valence-electron chi connectivity index (χ3n) is 2.91. The predicted molar refractivity (Wildman–Crippen MR) is 68.5 cm³/mol. The topological polar surface area (TPSA) is 81.3 Å². The fourth-order valence-corrected chi connectivity index (χ4v) is 2.95. The van der Waals surface area contributed by atoms with Crippen molar-refractivity contribution in [2.24, 2.45) is 0 Å². The molecule has 2 aromatic rings. The van der Waals surface area contributed by atoms with Gasteiger partial charge in [0.2, 0.25) is 0 Å². The Balaban J connectivity index is 1.98. The van der Waals surface area contributed by atoms with Crippen LogP contribution in [0.3, 0.4) is 0 Å². The molecule has 0 aromatic carbocycles. The molecule has 1 fully saturated rings. The summed E-state index contributed by atoms with van der Waals surface area (Å²) in [5, 5.41) is 8.58. The first-order valence-corrected chi connectivity index (χ1v) is 6.45. The molecule has 0 aliphatic carbocycles. The number of hydrogen-bond acceptors (Lipinski definition) is 6. The number of hydrogen-bond donors (Lipinski definition) is 1. The highest BCUT2D eigenvalue weighted by atomic mass is 32.1. The first-order chi connectivity index (χ1) is 8.77. The van der Waals surface area contributed by atoms with Gasteiger partial charge in [-0.15, -0.1) is 16.4 Å². The van der Waals surface area contributed by atoms with Gasteiger partial charge in [0.05, 0.1) is 25.1 Å². The second-order valence-corrected chi connectivity index (χ2v) is 5.00. The molecular formula is C11H12N4O2S. The van der Waals surface area contributed by atoms with Gasteiger partial charge >= 0.3 is 0 Å². The van der Waals surface area contributed by atoms with E-state index in [1.807, 2.05) is 0 Å². The fourth-order valence-electron chi connectivity index (χ4n) is 1.94. The zero-order valence-corrected chi connectivity index (χ0v) is 10.4. The van der Waals surface area contributed by atoms with Crippen molar-refractivity contribution < 1.29 is 9.53 Å². The van der Waals surface area contributed by atoms with Gasteiger partial charge in [0, 0.05) is 18.5 Å². The number of carbonyl (C=O) groups is 1. The fraction of sp³-hybridized carbons (Fsp3) is 0.364. The predicted octanol–water partition coefficient (Wildman–Crippen LogP) is 0.746. The minimum Gasteiger partial charge on any atom is -0.397 e. The van der Waals surface area contributed by atoms with Crippen LogP contribution in [-0.4, -0.2) is 47.3 Å². The molecular weight excluding hydrogens is 252 g/mol. The number of morpholine rings is 1. The average molecular weight is 264 g/mol. The third kappa shape index (κ3) is 1.81. The number of anilines is 1. The minimum absolute atomic E-state index is 0.0428. The number of nitrogen functional groups attached to an aromatic ring is 1. The highest BCUT2D eigenvalue weighted by molar-refractivity contribution is 7.21. The molecule has 0 unspecified atom stereocenters. The van der Waals surface area contributed by atoms with Gasteiger partial charge in [-0.3, -0.25) is 4.79 Å². The number of rotatable bonds is 1. The zero-order chi connectivity index (χ0) is 12.5. The molecule has 0 bridgehead atoms. The van der Waals surface area contributed by atoms with Gasteiger partial charge in [-0.2, -0.15) is 5.10 Å². The Morgan fingerprint density at radius 1 is 1.44 bits per heavy atom. The number of carbonyl (C=O) groups excluding carboxylic acids is 1. The molecule has 2 aromatic heterocycles. The van der Waals surface area contributed by atoms with Crippen LogP contribution in [0, 0.1) is 0 Å². The average Bonchev–Trinajstić information content (AvgIpc) is 2.77. The van der Waals surface area contributed by atoms with Crippen molar-refractivity contribution >= 4 is 33.1 Å². The molecule has 3 heterocycles. The van der Waals surface area contributed by atoms with E-state index in [1.165, 1.54) is 11.3 Å². The van der Waals surface area contributed by atoms with E-state index < -0.39 is 0 Å². The molecule has 0 atom stereocenters. The maximum atomic E-state index is 12.3. The van der Waals surface area contributed by atoms with Gasteiger partial charge in [-0.25, -0.2) is 0 Å². The van der Waals surface area contributed by atoms with Crippen LogP contribution in [0.15, 0.2) is 12.3 Å². The van der Waals surface area contributed by atoms with Crippen LogP contribution in [0.2, 0.25) is 0 Å². The smallest absolute Gasteiger partial charge is 0.266 e. The summed E-state index contributed by atoms with van der Waals surface area (Å²) in [7, 11) is 0. The summed E-state index contributed by atoms with van der Waals surface area (Å²) in [5.41, 5.74) is 6.51. The number of amides is 1. The van der Waals surface area contributed by atoms with Crippen LogP contribution >= 0.6 is 11.3 Å². The van der Waals surface area contributed by atoms with Crippen molar-refractivity contribution in [2.45, 2.75) is 0 Å². The van der Waals surface area contributed by atoms with Gasteiger partial charge in [0.25, 0.3) is 5.91 Å². The summed E-state index contributed by atoms with van der Waals surface area (Å²) < 4.78 is 5.23. The molecule has 3 rings (SSSR count). The van der Waals surface area contributed by atoms with Crippen LogP contribution in [0.4, 0.5) is 5.69 Å². The maximum Gasteiger partial charge on any atom is 0.266 e. The molecule has 94 valence electrons. The molecule has 7 heteroatoms. The molecule has 6 nitrogen and oxygen atoms in total. The first-order valence-electron chi connectivity index (χ1n) is 5.64. The van der Waals surface area contributed by atoms with E-state index in [-0.39, 0.29) is 5.91 Å². The van der Waals surface area contributed by atoms with E-state index in [4.69, 9.17) is 10.5 Å². The summed E-state index contributed by atoms with van der Waals surface area (Å²) in [6.07, 6.45) is 1.58. The normalized spacial score (nSPS) is 16.1. The Labute approximate surface area is 107 Å². The van der Waals surface area contributed by atoms with Gasteiger partial charge in [-0.05, 0) is 6.07 Å². The highest BCUT2D eigenvalue weighted by Gasteiger charge is 2.23. The summed E-state index contributed by atoms with van der Waals surface area (Å²) in [4.78, 5) is 15.4. The Kier molecular flexibility index (Phi) is 2.85. The second-order valence-electron chi connectivity index (χ2n) is 4.00. The lowest BCUT2D eigenvalue weighted by Gasteiger charge is -2.26. The van der Waals surface area contributed by atoms with Crippen molar-refractivity contribution in [1.82, 2.24) is 15.1 Å². The van der Waals surface area contributed by atoms with Crippen molar-refractivity contribution in [1.29, 1.82) is 0 Å². The van der Waals surface area contributed by atoms with E-state index in [0.717, 1.165) is 5.39 Å². The number of fused-ring (bicyclic) bond motifs is 1. The zero-order valence-electron chi connectivity index (χ0n) is 9.63. The summed E-state index contributed by atoms with van der Waals surface area (Å²) in [5.74, 6) is -0.0428. The van der Waals surface area contributed by atoms with Crippen LogP contribution in [-0.2, 0) is 4.74 Å². The van der Waals surface area contributed by atoms with Gasteiger partial charge in [0.1, 0.15) is 9.71 Å². The molecule has 0 saturated carbocycles. The molecule has 18 heavy (non-hydrogen) atoms. The summed E-state index contributed by atoms with van der Waals surface area (Å²) in [6, 6.07) is 1.78. The Bertz CT molecular complexity index is 592. The molecule has 1 amide bonds. The third-order valence-corrected chi connectivity index (χ3v) is 4.01. The van der Waals surface area contributed by atoms with E-state index in [2.05, 4.69) is 10.2 Å². The SMILES string of the molecule is Nc1c(C(=O)N2CCOCC2)sc2nnccc12. The highest BCUT2D eigenvalue weighted by Crippen LogP contribution is 2.32. The van der Waals surface area contributed by atoms with Crippen LogP contribution in [0.25, 0.3) is 10.2 Å². The molecule has 0 spiro atoms. The van der Waals surface area contributed by atoms with Crippen molar-refractivity contribution in [3.8, 4) is 0 Å². The summed E-state index contributed by atoms with van der Waals surface area (Å²) >= 11 is 1.30. The number of nitrogens with two attached hydrogens (primary N) is 1. The molecule has 1 saturated heterocycles. The molecule has 0 radical (unpaired) electrons. The van der Waals surface area contributed by atoms with Crippen LogP contribution < -0.4 is 5.73 Å². The van der Waals surface area contributed by atoms with Gasteiger partial charge in [-0.1, -0.05) is 0 Å². The molecule has 1 aliphatic heterocycles. The lowest BCUT2D eigenvalue weighted by molar-refractivity contribution is 0.0307. The number of nitrogens with zero attached hydrogens (tertiary/aromatic N) is 3. The summed E-state index contributed by atoms with van der Waals surface area (Å²) in [6.45, 7) is 2.38. The van der Waals surface area contributed by atoms with Crippen molar-refractivity contribution in [3.05, 3.63) is 17.1 Å². The quantitative estimate of drug-likeness (QED) is 0.821. The van der Waals surface area contributed by atoms with Crippen molar-refractivity contribution in [2.75, 3.05) is 32.0 Å².